The molecule has 0 saturated carbocycles. The van der Waals surface area contributed by atoms with Crippen molar-refractivity contribution in [3.8, 4) is 0 Å². The third-order valence-electron chi connectivity index (χ3n) is 8.34. The van der Waals surface area contributed by atoms with E-state index in [0.717, 1.165) is 64.2 Å². The Morgan fingerprint density at radius 3 is 1.77 bits per heavy atom. The maximum absolute atomic E-state index is 12.8. The molecular weight excluding hydrogens is 623 g/mol. The number of nitrogens with one attached hydrogen (secondary N) is 1. The molecule has 1 amide bonds. The highest BCUT2D eigenvalue weighted by Gasteiger charge is 2.23. The summed E-state index contributed by atoms with van der Waals surface area (Å²) in [6.07, 6.45) is 36.1. The Kier molecular flexibility index (Phi) is 30.8. The fourth-order valence-electron chi connectivity index (χ4n) is 5.18. The van der Waals surface area contributed by atoms with Crippen LogP contribution in [0.3, 0.4) is 0 Å². The van der Waals surface area contributed by atoms with Crippen LogP contribution < -0.4 is 10.2 Å². The number of aliphatic hydroxyl groups excluding tert-OH is 1. The van der Waals surface area contributed by atoms with Crippen molar-refractivity contribution in [3.05, 3.63) is 36.5 Å². The number of allylic oxidation sites excluding steroid dienone is 5. The SMILES string of the molecule is CCCCC/C=C/C/C=C/CCCCCCCC(=O)N[C@@H](COP(=O)([O-])OCC[N+](C)(C)C)[C@H](O)/C=C/CCCCCCCCCCC. The first-order valence-electron chi connectivity index (χ1n) is 19.4. The van der Waals surface area contributed by atoms with Crippen LogP contribution in [0.4, 0.5) is 0 Å². The minimum Gasteiger partial charge on any atom is -0.756 e. The van der Waals surface area contributed by atoms with Crippen molar-refractivity contribution in [2.45, 2.75) is 167 Å². The van der Waals surface area contributed by atoms with Crippen LogP contribution in [0.15, 0.2) is 36.5 Å². The predicted molar refractivity (Wildman–Crippen MR) is 201 cm³/mol. The van der Waals surface area contributed by atoms with Crippen molar-refractivity contribution in [2.75, 3.05) is 40.9 Å². The summed E-state index contributed by atoms with van der Waals surface area (Å²) >= 11 is 0. The first-order chi connectivity index (χ1) is 23.0. The number of phosphoric ester groups is 1. The van der Waals surface area contributed by atoms with Crippen LogP contribution in [-0.2, 0) is 18.4 Å². The second-order valence-corrected chi connectivity index (χ2v) is 15.7. The lowest BCUT2D eigenvalue weighted by atomic mass is 10.1. The molecule has 1 unspecified atom stereocenters. The molecule has 0 heterocycles. The van der Waals surface area contributed by atoms with Crippen molar-refractivity contribution >= 4 is 13.7 Å². The second kappa shape index (κ2) is 31.7. The Balaban J connectivity index is 4.55. The molecule has 282 valence electrons. The first-order valence-corrected chi connectivity index (χ1v) is 20.8. The number of aliphatic hydroxyl groups is 1. The Bertz CT molecular complexity index is 886. The summed E-state index contributed by atoms with van der Waals surface area (Å²) in [4.78, 5) is 25.1. The molecule has 0 aromatic rings. The van der Waals surface area contributed by atoms with Gasteiger partial charge >= 0.3 is 0 Å². The Labute approximate surface area is 296 Å². The number of hydrogen-bond donors (Lipinski definition) is 2. The number of amides is 1. The molecule has 2 N–H and O–H groups in total. The van der Waals surface area contributed by atoms with Gasteiger partial charge in [0, 0.05) is 6.42 Å². The highest BCUT2D eigenvalue weighted by molar-refractivity contribution is 7.45. The van der Waals surface area contributed by atoms with Gasteiger partial charge in [-0.25, -0.2) is 0 Å². The maximum Gasteiger partial charge on any atom is 0.268 e. The van der Waals surface area contributed by atoms with Gasteiger partial charge in [-0.2, -0.15) is 0 Å². The van der Waals surface area contributed by atoms with E-state index in [1.807, 2.05) is 27.2 Å². The average molecular weight is 699 g/mol. The van der Waals surface area contributed by atoms with E-state index in [9.17, 15) is 19.4 Å². The van der Waals surface area contributed by atoms with Gasteiger partial charge in [0.15, 0.2) is 0 Å². The summed E-state index contributed by atoms with van der Waals surface area (Å²) in [5.74, 6) is -0.215. The largest absolute Gasteiger partial charge is 0.756 e. The topological polar surface area (TPSA) is 108 Å². The lowest BCUT2D eigenvalue weighted by Crippen LogP contribution is -2.45. The van der Waals surface area contributed by atoms with Crippen molar-refractivity contribution in [1.82, 2.24) is 5.32 Å². The van der Waals surface area contributed by atoms with E-state index in [1.165, 1.54) is 70.6 Å². The number of phosphoric acid groups is 1. The Morgan fingerprint density at radius 1 is 0.729 bits per heavy atom. The van der Waals surface area contributed by atoms with Gasteiger partial charge in [0.05, 0.1) is 39.9 Å². The molecule has 0 aromatic carbocycles. The van der Waals surface area contributed by atoms with E-state index >= 15 is 0 Å². The molecule has 0 aromatic heterocycles. The van der Waals surface area contributed by atoms with E-state index < -0.39 is 20.0 Å². The summed E-state index contributed by atoms with van der Waals surface area (Å²) < 4.78 is 23.1. The molecule has 0 aliphatic rings. The predicted octanol–water partition coefficient (Wildman–Crippen LogP) is 9.33. The smallest absolute Gasteiger partial charge is 0.268 e. The fraction of sp³-hybridized carbons (Fsp3) is 0.821. The standard InChI is InChI=1S/C39H75N2O6P/c1-6-8-10-12-14-16-18-19-20-21-23-25-27-29-31-33-39(43)40-37(36-47-48(44,45)46-35-34-41(3,4)5)38(42)32-30-28-26-24-22-17-15-13-11-9-7-2/h14,16,19-20,30,32,37-38,42H,6-13,15,17-18,21-29,31,33-36H2,1-5H3,(H-,40,43,44,45)/b16-14+,20-19+,32-30+/t37-,38+/m0/s1. The molecule has 48 heavy (non-hydrogen) atoms. The lowest BCUT2D eigenvalue weighted by molar-refractivity contribution is -0.870. The molecule has 0 spiro atoms. The number of nitrogens with zero attached hydrogens (tertiary/aromatic N) is 1. The van der Waals surface area contributed by atoms with E-state index in [1.54, 1.807) is 6.08 Å². The zero-order valence-corrected chi connectivity index (χ0v) is 32.6. The van der Waals surface area contributed by atoms with Crippen LogP contribution in [0, 0.1) is 0 Å². The van der Waals surface area contributed by atoms with Gasteiger partial charge in [-0.3, -0.25) is 9.36 Å². The number of quaternary nitrogens is 1. The quantitative estimate of drug-likeness (QED) is 0.0300. The molecule has 0 aliphatic heterocycles. The normalized spacial score (nSPS) is 15.1. The zero-order valence-electron chi connectivity index (χ0n) is 31.7. The summed E-state index contributed by atoms with van der Waals surface area (Å²) in [6.45, 7) is 4.57. The zero-order chi connectivity index (χ0) is 35.8. The number of unbranched alkanes of at least 4 members (excludes halogenated alkanes) is 17. The summed E-state index contributed by atoms with van der Waals surface area (Å²) in [5, 5.41) is 13.7. The Hall–Kier alpha value is -1.28. The van der Waals surface area contributed by atoms with E-state index in [0.29, 0.717) is 17.4 Å². The highest BCUT2D eigenvalue weighted by atomic mass is 31.2. The molecular formula is C39H75N2O6P. The highest BCUT2D eigenvalue weighted by Crippen LogP contribution is 2.38. The molecule has 9 heteroatoms. The van der Waals surface area contributed by atoms with Gasteiger partial charge in [0.25, 0.3) is 7.82 Å². The molecule has 3 atom stereocenters. The van der Waals surface area contributed by atoms with Crippen LogP contribution in [0.25, 0.3) is 0 Å². The van der Waals surface area contributed by atoms with E-state index in [2.05, 4.69) is 43.5 Å². The average Bonchev–Trinajstić information content (AvgIpc) is 3.02. The fourth-order valence-corrected chi connectivity index (χ4v) is 5.90. The van der Waals surface area contributed by atoms with Gasteiger partial charge in [-0.05, 0) is 51.4 Å². The summed E-state index contributed by atoms with van der Waals surface area (Å²) in [6, 6.07) is -0.890. The number of carbonyl (C=O) groups is 1. The van der Waals surface area contributed by atoms with Gasteiger partial charge in [0.2, 0.25) is 5.91 Å². The van der Waals surface area contributed by atoms with Crippen LogP contribution in [0.1, 0.15) is 155 Å². The molecule has 0 bridgehead atoms. The molecule has 0 radical (unpaired) electrons. The Morgan fingerprint density at radius 2 is 1.21 bits per heavy atom. The summed E-state index contributed by atoms with van der Waals surface area (Å²) in [7, 11) is 1.24. The molecule has 8 nitrogen and oxygen atoms in total. The van der Waals surface area contributed by atoms with Crippen molar-refractivity contribution in [3.63, 3.8) is 0 Å². The number of carbonyl (C=O) groups excluding carboxylic acids is 1. The number of hydrogen-bond acceptors (Lipinski definition) is 6. The van der Waals surface area contributed by atoms with E-state index in [-0.39, 0.29) is 19.1 Å². The first kappa shape index (κ1) is 46.7. The minimum atomic E-state index is -4.58. The van der Waals surface area contributed by atoms with Gasteiger partial charge < -0.3 is 28.8 Å². The molecule has 0 fully saturated rings. The third-order valence-corrected chi connectivity index (χ3v) is 9.31. The van der Waals surface area contributed by atoms with Crippen molar-refractivity contribution in [1.29, 1.82) is 0 Å². The van der Waals surface area contributed by atoms with E-state index in [4.69, 9.17) is 9.05 Å². The number of likely N-dealkylation sites (N-methyl/N-ethyl adjacent to an activating group) is 1. The van der Waals surface area contributed by atoms with Crippen molar-refractivity contribution < 1.29 is 32.9 Å². The van der Waals surface area contributed by atoms with Gasteiger partial charge in [-0.1, -0.05) is 134 Å². The van der Waals surface area contributed by atoms with Crippen LogP contribution in [0.5, 0.6) is 0 Å². The second-order valence-electron chi connectivity index (χ2n) is 14.3. The van der Waals surface area contributed by atoms with Gasteiger partial charge in [-0.15, -0.1) is 0 Å². The monoisotopic (exact) mass is 699 g/mol. The lowest BCUT2D eigenvalue weighted by Gasteiger charge is -2.29. The van der Waals surface area contributed by atoms with Crippen LogP contribution >= 0.6 is 7.82 Å². The summed E-state index contributed by atoms with van der Waals surface area (Å²) in [5.41, 5.74) is 0. The van der Waals surface area contributed by atoms with Gasteiger partial charge in [0.1, 0.15) is 13.2 Å². The molecule has 0 saturated heterocycles. The van der Waals surface area contributed by atoms with Crippen LogP contribution in [0.2, 0.25) is 0 Å². The molecule has 0 rings (SSSR count). The number of rotatable bonds is 34. The van der Waals surface area contributed by atoms with Crippen molar-refractivity contribution in [2.24, 2.45) is 0 Å². The third kappa shape index (κ3) is 33.2. The maximum atomic E-state index is 12.8. The molecule has 0 aliphatic carbocycles. The minimum absolute atomic E-state index is 0.00464. The van der Waals surface area contributed by atoms with Crippen LogP contribution in [-0.4, -0.2) is 68.5 Å².